The summed E-state index contributed by atoms with van der Waals surface area (Å²) in [5, 5.41) is 0. The van der Waals surface area contributed by atoms with E-state index in [0.29, 0.717) is 11.5 Å². The largest absolute Gasteiger partial charge is 0.306 e. The lowest BCUT2D eigenvalue weighted by Gasteiger charge is -2.36. The summed E-state index contributed by atoms with van der Waals surface area (Å²) in [6.45, 7) is 6.92. The first-order valence-corrected chi connectivity index (χ1v) is 5.61. The van der Waals surface area contributed by atoms with Crippen molar-refractivity contribution >= 4 is 0 Å². The van der Waals surface area contributed by atoms with Gasteiger partial charge in [0.2, 0.25) is 0 Å². The van der Waals surface area contributed by atoms with Crippen molar-refractivity contribution in [3.8, 4) is 0 Å². The minimum absolute atomic E-state index is 0.319. The molecule has 15 heavy (non-hydrogen) atoms. The molecule has 1 heteroatoms. The number of hydrogen-bond acceptors (Lipinski definition) is 1. The van der Waals surface area contributed by atoms with Crippen LogP contribution in [0.4, 0.5) is 0 Å². The standard InChI is InChI=1S/C14H23N/c1-14(2,3)13(15(4)5)11-12-9-7-6-8-10-12/h6-10,13H,11H2,1-5H3/t13-/m1/s1. The van der Waals surface area contributed by atoms with E-state index in [-0.39, 0.29) is 0 Å². The first-order valence-electron chi connectivity index (χ1n) is 5.61. The average Bonchev–Trinajstić information content (AvgIpc) is 2.13. The van der Waals surface area contributed by atoms with Crippen LogP contribution in [0.25, 0.3) is 0 Å². The highest BCUT2D eigenvalue weighted by Gasteiger charge is 2.26. The minimum Gasteiger partial charge on any atom is -0.306 e. The number of nitrogens with zero attached hydrogens (tertiary/aromatic N) is 1. The van der Waals surface area contributed by atoms with Gasteiger partial charge in [0.15, 0.2) is 0 Å². The molecule has 0 aliphatic carbocycles. The highest BCUT2D eigenvalue weighted by molar-refractivity contribution is 5.16. The number of likely N-dealkylation sites (N-methyl/N-ethyl adjacent to an activating group) is 1. The normalized spacial score (nSPS) is 14.3. The summed E-state index contributed by atoms with van der Waals surface area (Å²) in [6.07, 6.45) is 1.12. The van der Waals surface area contributed by atoms with Crippen molar-refractivity contribution in [3.63, 3.8) is 0 Å². The van der Waals surface area contributed by atoms with Crippen LogP contribution in [0.15, 0.2) is 30.3 Å². The minimum atomic E-state index is 0.319. The smallest absolute Gasteiger partial charge is 0.0178 e. The third-order valence-corrected chi connectivity index (χ3v) is 2.89. The molecule has 1 atom stereocenters. The molecule has 0 aliphatic heterocycles. The van der Waals surface area contributed by atoms with Crippen molar-refractivity contribution in [2.45, 2.75) is 33.2 Å². The molecule has 1 nitrogen and oxygen atoms in total. The maximum atomic E-state index is 2.33. The van der Waals surface area contributed by atoms with Crippen LogP contribution in [0.1, 0.15) is 26.3 Å². The van der Waals surface area contributed by atoms with Crippen LogP contribution in [-0.4, -0.2) is 25.0 Å². The first-order chi connectivity index (χ1) is 6.91. The molecule has 0 amide bonds. The van der Waals surface area contributed by atoms with E-state index in [1.54, 1.807) is 0 Å². The Morgan fingerprint density at radius 3 is 2.00 bits per heavy atom. The molecule has 1 aromatic carbocycles. The van der Waals surface area contributed by atoms with Crippen molar-refractivity contribution in [2.75, 3.05) is 14.1 Å². The molecule has 0 radical (unpaired) electrons. The fourth-order valence-corrected chi connectivity index (χ4v) is 2.10. The van der Waals surface area contributed by atoms with Crippen molar-refractivity contribution in [1.82, 2.24) is 4.90 Å². The molecule has 0 heterocycles. The van der Waals surface area contributed by atoms with Gasteiger partial charge in [-0.25, -0.2) is 0 Å². The Bertz CT molecular complexity index is 282. The Kier molecular flexibility index (Phi) is 3.92. The van der Waals surface area contributed by atoms with E-state index in [2.05, 4.69) is 70.1 Å². The van der Waals surface area contributed by atoms with Crippen LogP contribution in [0, 0.1) is 5.41 Å². The van der Waals surface area contributed by atoms with Crippen LogP contribution in [0.2, 0.25) is 0 Å². The second-order valence-corrected chi connectivity index (χ2v) is 5.54. The van der Waals surface area contributed by atoms with Gasteiger partial charge in [0, 0.05) is 6.04 Å². The van der Waals surface area contributed by atoms with Crippen LogP contribution in [-0.2, 0) is 6.42 Å². The Balaban J connectivity index is 2.77. The zero-order chi connectivity index (χ0) is 11.5. The third-order valence-electron chi connectivity index (χ3n) is 2.89. The van der Waals surface area contributed by atoms with Crippen molar-refractivity contribution in [1.29, 1.82) is 0 Å². The molecule has 84 valence electrons. The fourth-order valence-electron chi connectivity index (χ4n) is 2.10. The number of rotatable bonds is 3. The van der Waals surface area contributed by atoms with E-state index in [1.165, 1.54) is 5.56 Å². The first kappa shape index (κ1) is 12.3. The van der Waals surface area contributed by atoms with E-state index in [9.17, 15) is 0 Å². The van der Waals surface area contributed by atoms with E-state index in [4.69, 9.17) is 0 Å². The summed E-state index contributed by atoms with van der Waals surface area (Å²) in [4.78, 5) is 2.33. The number of benzene rings is 1. The van der Waals surface area contributed by atoms with Crippen LogP contribution in [0.5, 0.6) is 0 Å². The van der Waals surface area contributed by atoms with E-state index < -0.39 is 0 Å². The van der Waals surface area contributed by atoms with Crippen molar-refractivity contribution in [2.24, 2.45) is 5.41 Å². The third kappa shape index (κ3) is 3.67. The highest BCUT2D eigenvalue weighted by Crippen LogP contribution is 2.25. The van der Waals surface area contributed by atoms with Crippen LogP contribution < -0.4 is 0 Å². The van der Waals surface area contributed by atoms with Crippen molar-refractivity contribution in [3.05, 3.63) is 35.9 Å². The fraction of sp³-hybridized carbons (Fsp3) is 0.571. The van der Waals surface area contributed by atoms with E-state index in [1.807, 2.05) is 0 Å². The van der Waals surface area contributed by atoms with Gasteiger partial charge in [-0.3, -0.25) is 0 Å². The van der Waals surface area contributed by atoms with Gasteiger partial charge in [-0.05, 0) is 31.5 Å². The van der Waals surface area contributed by atoms with Crippen molar-refractivity contribution < 1.29 is 0 Å². The summed E-state index contributed by atoms with van der Waals surface area (Å²) in [7, 11) is 4.33. The van der Waals surface area contributed by atoms with Gasteiger partial charge in [-0.15, -0.1) is 0 Å². The Morgan fingerprint density at radius 1 is 1.07 bits per heavy atom. The molecule has 0 N–H and O–H groups in total. The Labute approximate surface area is 94.1 Å². The van der Waals surface area contributed by atoms with Crippen LogP contribution in [0.3, 0.4) is 0 Å². The molecular weight excluding hydrogens is 182 g/mol. The maximum absolute atomic E-state index is 2.33. The summed E-state index contributed by atoms with van der Waals surface area (Å²) >= 11 is 0. The zero-order valence-electron chi connectivity index (χ0n) is 10.6. The summed E-state index contributed by atoms with van der Waals surface area (Å²) < 4.78 is 0. The molecule has 0 fully saturated rings. The lowest BCUT2D eigenvalue weighted by Crippen LogP contribution is -2.41. The molecule has 0 unspecified atom stereocenters. The Hall–Kier alpha value is -0.820. The summed E-state index contributed by atoms with van der Waals surface area (Å²) in [5.74, 6) is 0. The van der Waals surface area contributed by atoms with E-state index in [0.717, 1.165) is 6.42 Å². The molecule has 0 saturated heterocycles. The van der Waals surface area contributed by atoms with Gasteiger partial charge in [0.05, 0.1) is 0 Å². The molecule has 0 aromatic heterocycles. The quantitative estimate of drug-likeness (QED) is 0.732. The topological polar surface area (TPSA) is 3.24 Å². The molecular formula is C14H23N. The van der Waals surface area contributed by atoms with Gasteiger partial charge in [-0.2, -0.15) is 0 Å². The average molecular weight is 205 g/mol. The monoisotopic (exact) mass is 205 g/mol. The second-order valence-electron chi connectivity index (χ2n) is 5.54. The van der Waals surface area contributed by atoms with Gasteiger partial charge >= 0.3 is 0 Å². The lowest BCUT2D eigenvalue weighted by atomic mass is 9.82. The van der Waals surface area contributed by atoms with Gasteiger partial charge < -0.3 is 4.90 Å². The zero-order valence-corrected chi connectivity index (χ0v) is 10.6. The molecule has 1 aromatic rings. The van der Waals surface area contributed by atoms with E-state index >= 15 is 0 Å². The highest BCUT2D eigenvalue weighted by atomic mass is 15.1. The SMILES string of the molecule is CN(C)[C@H](Cc1ccccc1)C(C)(C)C. The predicted octanol–water partition coefficient (Wildman–Crippen LogP) is 3.21. The molecule has 0 saturated carbocycles. The molecule has 0 bridgehead atoms. The van der Waals surface area contributed by atoms with Crippen LogP contribution >= 0.6 is 0 Å². The molecule has 0 aliphatic rings. The van der Waals surface area contributed by atoms with Gasteiger partial charge in [-0.1, -0.05) is 51.1 Å². The summed E-state index contributed by atoms with van der Waals surface area (Å²) in [5.41, 5.74) is 1.74. The second kappa shape index (κ2) is 4.80. The Morgan fingerprint density at radius 2 is 1.60 bits per heavy atom. The predicted molar refractivity (Wildman–Crippen MR) is 67.1 cm³/mol. The summed E-state index contributed by atoms with van der Waals surface area (Å²) in [6, 6.07) is 11.3. The molecule has 0 spiro atoms. The van der Waals surface area contributed by atoms with Gasteiger partial charge in [0.1, 0.15) is 0 Å². The molecule has 1 rings (SSSR count). The maximum Gasteiger partial charge on any atom is 0.0178 e. The number of hydrogen-bond donors (Lipinski definition) is 0. The lowest BCUT2D eigenvalue weighted by molar-refractivity contribution is 0.152. The van der Waals surface area contributed by atoms with Gasteiger partial charge in [0.25, 0.3) is 0 Å².